The van der Waals surface area contributed by atoms with E-state index in [4.69, 9.17) is 21.1 Å². The van der Waals surface area contributed by atoms with Crippen LogP contribution in [0.4, 0.5) is 0 Å². The van der Waals surface area contributed by atoms with Gasteiger partial charge >= 0.3 is 0 Å². The molecule has 1 unspecified atom stereocenters. The topological polar surface area (TPSA) is 87.7 Å². The lowest BCUT2D eigenvalue weighted by Crippen LogP contribution is -2.34. The van der Waals surface area contributed by atoms with Crippen molar-refractivity contribution in [3.05, 3.63) is 58.6 Å². The van der Waals surface area contributed by atoms with Crippen LogP contribution in [0.25, 0.3) is 0 Å². The highest BCUT2D eigenvalue weighted by Gasteiger charge is 2.18. The van der Waals surface area contributed by atoms with Gasteiger partial charge in [-0.1, -0.05) is 17.7 Å². The summed E-state index contributed by atoms with van der Waals surface area (Å²) in [5.74, 6) is -0.763. The zero-order chi connectivity index (χ0) is 18.4. The molecule has 0 radical (unpaired) electrons. The number of benzene rings is 2. The number of carbonyl (C=O) groups is 2. The molecular formula is C18H17ClNO5-. The smallest absolute Gasteiger partial charge is 0.251 e. The Balaban J connectivity index is 2.28. The molecule has 6 nitrogen and oxygen atoms in total. The van der Waals surface area contributed by atoms with Gasteiger partial charge in [0.1, 0.15) is 0 Å². The Bertz CT molecular complexity index is 761. The number of hydrogen-bond acceptors (Lipinski definition) is 5. The normalized spacial score (nSPS) is 11.5. The first kappa shape index (κ1) is 18.6. The Morgan fingerprint density at radius 1 is 1.08 bits per heavy atom. The van der Waals surface area contributed by atoms with E-state index in [2.05, 4.69) is 5.32 Å². The number of methoxy groups -OCH3 is 2. The molecule has 132 valence electrons. The van der Waals surface area contributed by atoms with Crippen molar-refractivity contribution in [3.8, 4) is 11.5 Å². The molecule has 0 aromatic heterocycles. The second kappa shape index (κ2) is 8.39. The number of carboxylic acids is 1. The summed E-state index contributed by atoms with van der Waals surface area (Å²) in [6.07, 6.45) is -0.380. The van der Waals surface area contributed by atoms with Crippen molar-refractivity contribution in [2.75, 3.05) is 14.2 Å². The van der Waals surface area contributed by atoms with E-state index in [1.807, 2.05) is 0 Å². The van der Waals surface area contributed by atoms with Gasteiger partial charge in [-0.15, -0.1) is 0 Å². The van der Waals surface area contributed by atoms with Crippen molar-refractivity contribution in [3.63, 3.8) is 0 Å². The minimum absolute atomic E-state index is 0.369. The van der Waals surface area contributed by atoms with Gasteiger partial charge in [0.25, 0.3) is 5.91 Å². The van der Waals surface area contributed by atoms with Gasteiger partial charge in [-0.3, -0.25) is 4.79 Å². The van der Waals surface area contributed by atoms with Crippen LogP contribution in [0.2, 0.25) is 5.02 Å². The van der Waals surface area contributed by atoms with Gasteiger partial charge in [0, 0.05) is 23.0 Å². The number of rotatable bonds is 7. The standard InChI is InChI=1S/C18H18ClNO5/c1-24-15-8-5-12(9-16(15)25-2)14(10-17(21)22)20-18(23)11-3-6-13(19)7-4-11/h3-9,14H,10H2,1-2H3,(H,20,23)(H,21,22)/p-1. The first-order valence-electron chi connectivity index (χ1n) is 7.42. The zero-order valence-electron chi connectivity index (χ0n) is 13.7. The van der Waals surface area contributed by atoms with E-state index in [0.29, 0.717) is 27.6 Å². The van der Waals surface area contributed by atoms with Crippen LogP contribution in [0.3, 0.4) is 0 Å². The molecule has 0 fully saturated rings. The maximum absolute atomic E-state index is 12.4. The molecule has 0 saturated heterocycles. The largest absolute Gasteiger partial charge is 0.550 e. The lowest BCUT2D eigenvalue weighted by molar-refractivity contribution is -0.306. The van der Waals surface area contributed by atoms with E-state index in [1.54, 1.807) is 42.5 Å². The van der Waals surface area contributed by atoms with Gasteiger partial charge in [-0.2, -0.15) is 0 Å². The van der Waals surface area contributed by atoms with Crippen LogP contribution >= 0.6 is 11.6 Å². The molecule has 1 atom stereocenters. The van der Waals surface area contributed by atoms with E-state index in [1.165, 1.54) is 14.2 Å². The summed E-state index contributed by atoms with van der Waals surface area (Å²) in [7, 11) is 2.97. The van der Waals surface area contributed by atoms with Gasteiger partial charge in [0.05, 0.1) is 20.3 Å². The highest BCUT2D eigenvalue weighted by atomic mass is 35.5. The number of aliphatic carboxylic acids is 1. The van der Waals surface area contributed by atoms with Gasteiger partial charge in [0.15, 0.2) is 11.5 Å². The monoisotopic (exact) mass is 362 g/mol. The fourth-order valence-electron chi connectivity index (χ4n) is 2.33. The number of carboxylic acid groups (broad SMARTS) is 1. The average molecular weight is 363 g/mol. The molecule has 0 aliphatic carbocycles. The molecule has 7 heteroatoms. The molecule has 0 saturated carbocycles. The number of ether oxygens (including phenoxy) is 2. The van der Waals surface area contributed by atoms with Gasteiger partial charge in [-0.25, -0.2) is 0 Å². The molecule has 0 heterocycles. The molecule has 2 rings (SSSR count). The summed E-state index contributed by atoms with van der Waals surface area (Å²) in [6.45, 7) is 0. The number of amides is 1. The van der Waals surface area contributed by atoms with E-state index in [0.717, 1.165) is 0 Å². The predicted octanol–water partition coefficient (Wildman–Crippen LogP) is 1.97. The third kappa shape index (κ3) is 4.87. The minimum Gasteiger partial charge on any atom is -0.550 e. The van der Waals surface area contributed by atoms with E-state index >= 15 is 0 Å². The summed E-state index contributed by atoms with van der Waals surface area (Å²) < 4.78 is 10.4. The second-order valence-electron chi connectivity index (χ2n) is 5.22. The fraction of sp³-hybridized carbons (Fsp3) is 0.222. The Morgan fingerprint density at radius 2 is 1.72 bits per heavy atom. The summed E-state index contributed by atoms with van der Waals surface area (Å²) in [5, 5.41) is 14.3. The quantitative estimate of drug-likeness (QED) is 0.813. The lowest BCUT2D eigenvalue weighted by atomic mass is 10.0. The summed E-state index contributed by atoms with van der Waals surface area (Å²) in [4.78, 5) is 23.5. The van der Waals surface area contributed by atoms with Gasteiger partial charge < -0.3 is 24.7 Å². The number of hydrogen-bond donors (Lipinski definition) is 1. The Labute approximate surface area is 150 Å². The molecule has 2 aromatic rings. The van der Waals surface area contributed by atoms with Crippen LogP contribution in [-0.4, -0.2) is 26.1 Å². The molecule has 0 aliphatic heterocycles. The molecule has 0 bridgehead atoms. The first-order valence-corrected chi connectivity index (χ1v) is 7.80. The van der Waals surface area contributed by atoms with Crippen molar-refractivity contribution in [2.24, 2.45) is 0 Å². The fourth-order valence-corrected chi connectivity index (χ4v) is 2.46. The van der Waals surface area contributed by atoms with E-state index in [-0.39, 0.29) is 6.42 Å². The minimum atomic E-state index is -1.28. The van der Waals surface area contributed by atoms with Crippen LogP contribution in [0.1, 0.15) is 28.4 Å². The molecule has 1 amide bonds. The highest BCUT2D eigenvalue weighted by Crippen LogP contribution is 2.31. The number of halogens is 1. The van der Waals surface area contributed by atoms with Crippen LogP contribution in [0.15, 0.2) is 42.5 Å². The Morgan fingerprint density at radius 3 is 2.28 bits per heavy atom. The predicted molar refractivity (Wildman–Crippen MR) is 90.8 cm³/mol. The molecule has 25 heavy (non-hydrogen) atoms. The first-order chi connectivity index (χ1) is 11.9. The number of carbonyl (C=O) groups excluding carboxylic acids is 2. The van der Waals surface area contributed by atoms with Crippen LogP contribution in [0.5, 0.6) is 11.5 Å². The third-order valence-electron chi connectivity index (χ3n) is 3.59. The lowest BCUT2D eigenvalue weighted by Gasteiger charge is -2.21. The molecule has 2 aromatic carbocycles. The third-order valence-corrected chi connectivity index (χ3v) is 3.84. The summed E-state index contributed by atoms with van der Waals surface area (Å²) >= 11 is 5.81. The van der Waals surface area contributed by atoms with E-state index in [9.17, 15) is 14.7 Å². The second-order valence-corrected chi connectivity index (χ2v) is 5.66. The SMILES string of the molecule is COc1ccc(C(CC(=O)[O-])NC(=O)c2ccc(Cl)cc2)cc1OC. The Hall–Kier alpha value is -2.73. The summed E-state index contributed by atoms with van der Waals surface area (Å²) in [6, 6.07) is 10.4. The van der Waals surface area contributed by atoms with Crippen molar-refractivity contribution in [1.82, 2.24) is 5.32 Å². The van der Waals surface area contributed by atoms with Crippen molar-refractivity contribution >= 4 is 23.5 Å². The van der Waals surface area contributed by atoms with E-state index < -0.39 is 17.9 Å². The molecule has 1 N–H and O–H groups in total. The zero-order valence-corrected chi connectivity index (χ0v) is 14.5. The van der Waals surface area contributed by atoms with Crippen molar-refractivity contribution in [2.45, 2.75) is 12.5 Å². The van der Waals surface area contributed by atoms with Gasteiger partial charge in [-0.05, 0) is 42.0 Å². The molecule has 0 spiro atoms. The maximum Gasteiger partial charge on any atom is 0.251 e. The highest BCUT2D eigenvalue weighted by molar-refractivity contribution is 6.30. The van der Waals surface area contributed by atoms with Crippen molar-refractivity contribution in [1.29, 1.82) is 0 Å². The number of nitrogens with one attached hydrogen (secondary N) is 1. The van der Waals surface area contributed by atoms with Crippen LogP contribution in [-0.2, 0) is 4.79 Å². The Kier molecular flexibility index (Phi) is 6.25. The maximum atomic E-state index is 12.4. The summed E-state index contributed by atoms with van der Waals surface area (Å²) in [5.41, 5.74) is 0.928. The van der Waals surface area contributed by atoms with Crippen molar-refractivity contribution < 1.29 is 24.2 Å². The molecular weight excluding hydrogens is 346 g/mol. The average Bonchev–Trinajstić information content (AvgIpc) is 2.60. The van der Waals surface area contributed by atoms with Crippen LogP contribution < -0.4 is 19.9 Å². The van der Waals surface area contributed by atoms with Crippen LogP contribution in [0, 0.1) is 0 Å². The van der Waals surface area contributed by atoms with Gasteiger partial charge in [0.2, 0.25) is 0 Å². The molecule has 0 aliphatic rings.